The van der Waals surface area contributed by atoms with Crippen LogP contribution in [0.15, 0.2) is 35.4 Å². The van der Waals surface area contributed by atoms with E-state index in [1.54, 1.807) is 18.2 Å². The van der Waals surface area contributed by atoms with Gasteiger partial charge in [0.2, 0.25) is 5.91 Å². The van der Waals surface area contributed by atoms with Crippen LogP contribution in [-0.4, -0.2) is 22.7 Å². The summed E-state index contributed by atoms with van der Waals surface area (Å²) < 4.78 is 0. The van der Waals surface area contributed by atoms with Gasteiger partial charge in [-0.15, -0.1) is 0 Å². The first-order chi connectivity index (χ1) is 11.8. The largest absolute Gasteiger partial charge is 0.398 e. The Bertz CT molecular complexity index is 895. The second-order valence-corrected chi connectivity index (χ2v) is 7.25. The van der Waals surface area contributed by atoms with Crippen LogP contribution in [0.5, 0.6) is 0 Å². The number of hydrogen-bond donors (Lipinski definition) is 1. The highest BCUT2D eigenvalue weighted by atomic mass is 35.5. The van der Waals surface area contributed by atoms with Crippen LogP contribution in [0.2, 0.25) is 15.1 Å². The highest BCUT2D eigenvalue weighted by molar-refractivity contribution is 6.42. The van der Waals surface area contributed by atoms with Crippen molar-refractivity contribution in [1.82, 2.24) is 5.01 Å². The molecule has 1 heterocycles. The van der Waals surface area contributed by atoms with Crippen molar-refractivity contribution in [3.05, 3.63) is 62.1 Å². The Morgan fingerprint density at radius 3 is 2.48 bits per heavy atom. The van der Waals surface area contributed by atoms with Crippen molar-refractivity contribution in [3.8, 4) is 0 Å². The van der Waals surface area contributed by atoms with E-state index in [2.05, 4.69) is 5.10 Å². The van der Waals surface area contributed by atoms with Gasteiger partial charge < -0.3 is 5.73 Å². The van der Waals surface area contributed by atoms with Gasteiger partial charge in [0.05, 0.1) is 32.5 Å². The molecule has 0 bridgehead atoms. The topological polar surface area (TPSA) is 58.7 Å². The summed E-state index contributed by atoms with van der Waals surface area (Å²) in [5, 5.41) is 7.41. The summed E-state index contributed by atoms with van der Waals surface area (Å²) in [5.74, 6) is -0.142. The number of amides is 1. The van der Waals surface area contributed by atoms with Gasteiger partial charge in [-0.2, -0.15) is 5.10 Å². The molecule has 0 aromatic heterocycles. The molecule has 1 aliphatic heterocycles. The number of rotatable bonds is 1. The summed E-state index contributed by atoms with van der Waals surface area (Å²) in [6, 6.07) is 8.75. The van der Waals surface area contributed by atoms with E-state index in [9.17, 15) is 4.79 Å². The molecule has 0 fully saturated rings. The van der Waals surface area contributed by atoms with E-state index >= 15 is 0 Å². The predicted octanol–water partition coefficient (Wildman–Crippen LogP) is 4.77. The molecule has 0 radical (unpaired) electrons. The number of anilines is 1. The van der Waals surface area contributed by atoms with Crippen molar-refractivity contribution in [1.29, 1.82) is 0 Å². The first-order valence-electron chi connectivity index (χ1n) is 7.70. The van der Waals surface area contributed by atoms with Gasteiger partial charge in [-0.05, 0) is 43.2 Å². The summed E-state index contributed by atoms with van der Waals surface area (Å²) >= 11 is 18.6. The quantitative estimate of drug-likeness (QED) is 0.706. The Morgan fingerprint density at radius 2 is 1.84 bits per heavy atom. The van der Waals surface area contributed by atoms with Gasteiger partial charge in [-0.25, -0.2) is 5.01 Å². The standard InChI is InChI=1S/C18H16Cl3N3O/c1-9-5-12-7-14(19)15(20)8-13(12)18(23-24(9)10(2)25)11-3-4-17(22)16(21)6-11/h3-4,6-9H,5,22H2,1-2H3. The Labute approximate surface area is 161 Å². The minimum Gasteiger partial charge on any atom is -0.398 e. The van der Waals surface area contributed by atoms with E-state index < -0.39 is 0 Å². The molecule has 0 aliphatic carbocycles. The molecule has 4 nitrogen and oxygen atoms in total. The lowest BCUT2D eigenvalue weighted by atomic mass is 9.94. The van der Waals surface area contributed by atoms with E-state index in [4.69, 9.17) is 40.5 Å². The number of carbonyl (C=O) groups excluding carboxylic acids is 1. The minimum absolute atomic E-state index is 0.116. The Kier molecular flexibility index (Phi) is 4.96. The SMILES string of the molecule is CC(=O)N1N=C(c2ccc(N)c(Cl)c2)c2cc(Cl)c(Cl)cc2CC1C. The molecule has 0 saturated carbocycles. The molecule has 0 saturated heterocycles. The number of carbonyl (C=O) groups is 1. The Balaban J connectivity index is 2.27. The highest BCUT2D eigenvalue weighted by Crippen LogP contribution is 2.32. The number of nitrogens with zero attached hydrogens (tertiary/aromatic N) is 2. The van der Waals surface area contributed by atoms with E-state index in [0.717, 1.165) is 16.7 Å². The third-order valence-electron chi connectivity index (χ3n) is 4.14. The molecule has 2 N–H and O–H groups in total. The number of nitrogen functional groups attached to an aromatic ring is 1. The minimum atomic E-state index is -0.142. The van der Waals surface area contributed by atoms with Crippen LogP contribution in [0.3, 0.4) is 0 Å². The second kappa shape index (κ2) is 6.87. The summed E-state index contributed by atoms with van der Waals surface area (Å²) in [7, 11) is 0. The monoisotopic (exact) mass is 395 g/mol. The second-order valence-electron chi connectivity index (χ2n) is 6.03. The zero-order chi connectivity index (χ0) is 18.3. The van der Waals surface area contributed by atoms with Gasteiger partial charge in [-0.1, -0.05) is 40.9 Å². The smallest absolute Gasteiger partial charge is 0.239 e. The summed E-state index contributed by atoms with van der Waals surface area (Å²) in [6.07, 6.45) is 0.613. The molecule has 1 atom stereocenters. The molecule has 3 rings (SSSR count). The van der Waals surface area contributed by atoms with Crippen molar-refractivity contribution in [2.45, 2.75) is 26.3 Å². The van der Waals surface area contributed by atoms with Crippen LogP contribution in [0.1, 0.15) is 30.5 Å². The number of hydrogen-bond acceptors (Lipinski definition) is 3. The first-order valence-corrected chi connectivity index (χ1v) is 8.83. The lowest BCUT2D eigenvalue weighted by Crippen LogP contribution is -2.33. The highest BCUT2D eigenvalue weighted by Gasteiger charge is 2.26. The van der Waals surface area contributed by atoms with Crippen molar-refractivity contribution in [3.63, 3.8) is 0 Å². The van der Waals surface area contributed by atoms with E-state index in [0.29, 0.717) is 32.9 Å². The van der Waals surface area contributed by atoms with Gasteiger partial charge in [0.15, 0.2) is 0 Å². The van der Waals surface area contributed by atoms with Crippen molar-refractivity contribution < 1.29 is 4.79 Å². The fourth-order valence-electron chi connectivity index (χ4n) is 2.91. The maximum absolute atomic E-state index is 12.1. The molecular weight excluding hydrogens is 381 g/mol. The molecule has 1 unspecified atom stereocenters. The van der Waals surface area contributed by atoms with Crippen molar-refractivity contribution in [2.75, 3.05) is 5.73 Å². The van der Waals surface area contributed by atoms with E-state index in [-0.39, 0.29) is 11.9 Å². The van der Waals surface area contributed by atoms with Gasteiger partial charge >= 0.3 is 0 Å². The Hall–Kier alpha value is -1.75. The average Bonchev–Trinajstić information content (AvgIpc) is 2.67. The molecule has 1 aliphatic rings. The third kappa shape index (κ3) is 3.47. The van der Waals surface area contributed by atoms with Gasteiger partial charge in [-0.3, -0.25) is 4.79 Å². The first kappa shape index (κ1) is 18.1. The van der Waals surface area contributed by atoms with E-state index in [1.165, 1.54) is 11.9 Å². The maximum atomic E-state index is 12.1. The molecule has 7 heteroatoms. The average molecular weight is 397 g/mol. The van der Waals surface area contributed by atoms with Gasteiger partial charge in [0.25, 0.3) is 0 Å². The lowest BCUT2D eigenvalue weighted by Gasteiger charge is -2.21. The van der Waals surface area contributed by atoms with Crippen LogP contribution < -0.4 is 5.73 Å². The van der Waals surface area contributed by atoms with Crippen LogP contribution in [0.4, 0.5) is 5.69 Å². The normalized spacial score (nSPS) is 16.9. The van der Waals surface area contributed by atoms with Gasteiger partial charge in [0.1, 0.15) is 0 Å². The fourth-order valence-corrected chi connectivity index (χ4v) is 3.44. The number of halogens is 3. The maximum Gasteiger partial charge on any atom is 0.239 e. The molecular formula is C18H16Cl3N3O. The lowest BCUT2D eigenvalue weighted by molar-refractivity contribution is -0.130. The Morgan fingerprint density at radius 1 is 1.16 bits per heavy atom. The van der Waals surface area contributed by atoms with Crippen LogP contribution >= 0.6 is 34.8 Å². The fraction of sp³-hybridized carbons (Fsp3) is 0.222. The number of hydrazone groups is 1. The van der Waals surface area contributed by atoms with Crippen molar-refractivity contribution in [2.24, 2.45) is 5.10 Å². The number of fused-ring (bicyclic) bond motifs is 1. The molecule has 25 heavy (non-hydrogen) atoms. The predicted molar refractivity (Wildman–Crippen MR) is 104 cm³/mol. The zero-order valence-corrected chi connectivity index (χ0v) is 16.0. The molecule has 0 spiro atoms. The summed E-state index contributed by atoms with van der Waals surface area (Å²) in [4.78, 5) is 12.1. The van der Waals surface area contributed by atoms with Crippen LogP contribution in [0.25, 0.3) is 0 Å². The molecule has 2 aromatic rings. The van der Waals surface area contributed by atoms with Gasteiger partial charge in [0, 0.05) is 18.1 Å². The molecule has 1 amide bonds. The van der Waals surface area contributed by atoms with E-state index in [1.807, 2.05) is 19.1 Å². The number of benzene rings is 2. The van der Waals surface area contributed by atoms with Crippen molar-refractivity contribution >= 4 is 52.1 Å². The zero-order valence-electron chi connectivity index (χ0n) is 13.7. The summed E-state index contributed by atoms with van der Waals surface area (Å²) in [5.41, 5.74) is 9.44. The number of nitrogens with two attached hydrogens (primary N) is 1. The molecule has 130 valence electrons. The molecule has 2 aromatic carbocycles. The van der Waals surface area contributed by atoms with Crippen LogP contribution in [-0.2, 0) is 11.2 Å². The third-order valence-corrected chi connectivity index (χ3v) is 5.19. The van der Waals surface area contributed by atoms with Crippen LogP contribution in [0, 0.1) is 0 Å². The summed E-state index contributed by atoms with van der Waals surface area (Å²) in [6.45, 7) is 3.43.